The van der Waals surface area contributed by atoms with Crippen molar-refractivity contribution >= 4 is 17.4 Å². The molecule has 5 heteroatoms. The summed E-state index contributed by atoms with van der Waals surface area (Å²) in [6, 6.07) is 0. The van der Waals surface area contributed by atoms with E-state index in [2.05, 4.69) is 77.3 Å². The van der Waals surface area contributed by atoms with E-state index in [0.29, 0.717) is 5.16 Å². The topological polar surface area (TPSA) is 40.8 Å². The van der Waals surface area contributed by atoms with Crippen LogP contribution in [0.4, 0.5) is 0 Å². The Morgan fingerprint density at radius 1 is 1.19 bits per heavy atom. The van der Waals surface area contributed by atoms with Crippen molar-refractivity contribution in [2.45, 2.75) is 88.0 Å². The maximum absolute atomic E-state index is 8.79. The number of aliphatic imine (C=N–C) groups is 1. The van der Waals surface area contributed by atoms with Crippen LogP contribution in [0.15, 0.2) is 40.8 Å². The van der Waals surface area contributed by atoms with E-state index in [-0.39, 0.29) is 6.61 Å². The van der Waals surface area contributed by atoms with Gasteiger partial charge in [-0.25, -0.2) is 4.99 Å². The Bertz CT molecular complexity index is 668. The van der Waals surface area contributed by atoms with Crippen LogP contribution in [0.2, 0.25) is 0 Å². The molecular weight excluding hydrogens is 418 g/mol. The number of aryl methyl sites for hydroxylation is 2. The van der Waals surface area contributed by atoms with E-state index in [9.17, 15) is 0 Å². The van der Waals surface area contributed by atoms with Crippen LogP contribution in [0.1, 0.15) is 85.8 Å². The highest BCUT2D eigenvalue weighted by molar-refractivity contribution is 6.30. The molecule has 4 nitrogen and oxygen atoms in total. The summed E-state index contributed by atoms with van der Waals surface area (Å²) in [5.41, 5.74) is 3.66. The Morgan fingerprint density at radius 2 is 1.78 bits per heavy atom. The standard InChI is InChI=1S/C14H19ClN2.C10H23NO.C3H8/c1-6-10(3)14(16-12(5)15)17-8-11(4)13(7-2)9-17;1-4-6-11(8-9-12)7-5-10(2)3;1-3-2/h6,8-9H,5,7H2,1-4H3;10,12H,4-9H2,1-3H3;3H2,1-2H3/b10-6-,16-14+;;. The fraction of sp³-hybridized carbons (Fsp3) is 0.667. The number of allylic oxidation sites excluding steroid dienone is 2. The maximum atomic E-state index is 8.79. The number of aromatic nitrogens is 1. The van der Waals surface area contributed by atoms with Crippen molar-refractivity contribution in [3.05, 3.63) is 46.9 Å². The Kier molecular flexibility index (Phi) is 20.8. The lowest BCUT2D eigenvalue weighted by molar-refractivity contribution is 0.189. The highest BCUT2D eigenvalue weighted by Crippen LogP contribution is 2.14. The number of aliphatic hydroxyl groups excluding tert-OH is 1. The number of rotatable bonds is 10. The van der Waals surface area contributed by atoms with Gasteiger partial charge in [-0.2, -0.15) is 0 Å². The first kappa shape index (κ1) is 32.8. The van der Waals surface area contributed by atoms with Crippen LogP contribution >= 0.6 is 11.6 Å². The van der Waals surface area contributed by atoms with E-state index in [0.717, 1.165) is 43.4 Å². The van der Waals surface area contributed by atoms with Crippen molar-refractivity contribution in [1.29, 1.82) is 0 Å². The van der Waals surface area contributed by atoms with Gasteiger partial charge in [0.05, 0.1) is 6.61 Å². The molecule has 1 aromatic rings. The third kappa shape index (κ3) is 15.4. The summed E-state index contributed by atoms with van der Waals surface area (Å²) in [5, 5.41) is 9.08. The van der Waals surface area contributed by atoms with Gasteiger partial charge in [0.2, 0.25) is 0 Å². The smallest absolute Gasteiger partial charge is 0.140 e. The molecular formula is C27H50ClN3O. The second-order valence-electron chi connectivity index (χ2n) is 8.47. The van der Waals surface area contributed by atoms with E-state index in [4.69, 9.17) is 16.7 Å². The summed E-state index contributed by atoms with van der Waals surface area (Å²) in [5.74, 6) is 1.60. The van der Waals surface area contributed by atoms with Gasteiger partial charge in [0.15, 0.2) is 0 Å². The van der Waals surface area contributed by atoms with Crippen molar-refractivity contribution < 1.29 is 5.11 Å². The lowest BCUT2D eigenvalue weighted by Crippen LogP contribution is -2.29. The van der Waals surface area contributed by atoms with Gasteiger partial charge in [0.1, 0.15) is 11.0 Å². The van der Waals surface area contributed by atoms with Crippen LogP contribution in [0.3, 0.4) is 0 Å². The second kappa shape index (κ2) is 20.3. The second-order valence-corrected chi connectivity index (χ2v) is 8.90. The Morgan fingerprint density at radius 3 is 2.16 bits per heavy atom. The molecule has 1 aromatic heterocycles. The van der Waals surface area contributed by atoms with Gasteiger partial charge in [-0.05, 0) is 75.7 Å². The predicted octanol–water partition coefficient (Wildman–Crippen LogP) is 7.43. The summed E-state index contributed by atoms with van der Waals surface area (Å²) in [4.78, 5) is 6.62. The fourth-order valence-electron chi connectivity index (χ4n) is 2.92. The molecule has 0 radical (unpaired) electrons. The quantitative estimate of drug-likeness (QED) is 0.220. The largest absolute Gasteiger partial charge is 0.395 e. The first-order valence-corrected chi connectivity index (χ1v) is 12.6. The molecule has 0 bridgehead atoms. The summed E-state index contributed by atoms with van der Waals surface area (Å²) < 4.78 is 2.01. The van der Waals surface area contributed by atoms with Gasteiger partial charge in [-0.1, -0.05) is 72.2 Å². The van der Waals surface area contributed by atoms with Crippen LogP contribution in [0, 0.1) is 12.8 Å². The molecule has 0 saturated carbocycles. The SMILES string of the molecule is C=C(Cl)/N=C(\C(C)=C/C)n1cc(C)c(CC)c1.CCC.CCCN(CCO)CCC(C)C. The molecule has 1 heterocycles. The number of nitrogens with zero attached hydrogens (tertiary/aromatic N) is 3. The van der Waals surface area contributed by atoms with Gasteiger partial charge >= 0.3 is 0 Å². The molecule has 186 valence electrons. The molecule has 1 rings (SSSR count). The van der Waals surface area contributed by atoms with E-state index in [1.54, 1.807) is 0 Å². The highest BCUT2D eigenvalue weighted by atomic mass is 35.5. The molecule has 0 spiro atoms. The Hall–Kier alpha value is -1.36. The Labute approximate surface area is 204 Å². The summed E-state index contributed by atoms with van der Waals surface area (Å²) in [6.45, 7) is 26.2. The molecule has 32 heavy (non-hydrogen) atoms. The number of aliphatic hydroxyl groups is 1. The number of hydrogen-bond donors (Lipinski definition) is 1. The molecule has 1 N–H and O–H groups in total. The minimum absolute atomic E-state index is 0.290. The maximum Gasteiger partial charge on any atom is 0.140 e. The van der Waals surface area contributed by atoms with Crippen molar-refractivity contribution in [2.24, 2.45) is 10.9 Å². The van der Waals surface area contributed by atoms with Crippen LogP contribution in [-0.4, -0.2) is 46.7 Å². The Balaban J connectivity index is 0. The summed E-state index contributed by atoms with van der Waals surface area (Å²) in [6.07, 6.45) is 10.9. The van der Waals surface area contributed by atoms with Gasteiger partial charge < -0.3 is 14.6 Å². The predicted molar refractivity (Wildman–Crippen MR) is 145 cm³/mol. The summed E-state index contributed by atoms with van der Waals surface area (Å²) >= 11 is 5.78. The molecule has 0 aliphatic rings. The van der Waals surface area contributed by atoms with Gasteiger partial charge in [-0.15, -0.1) is 0 Å². The van der Waals surface area contributed by atoms with Crippen molar-refractivity contribution in [3.8, 4) is 0 Å². The zero-order valence-corrected chi connectivity index (χ0v) is 23.1. The zero-order valence-electron chi connectivity index (χ0n) is 22.3. The third-order valence-corrected chi connectivity index (χ3v) is 4.84. The normalized spacial score (nSPS) is 11.8. The summed E-state index contributed by atoms with van der Waals surface area (Å²) in [7, 11) is 0. The zero-order chi connectivity index (χ0) is 25.1. The molecule has 0 unspecified atom stereocenters. The molecule has 0 aliphatic carbocycles. The van der Waals surface area contributed by atoms with Crippen molar-refractivity contribution in [2.75, 3.05) is 26.2 Å². The lowest BCUT2D eigenvalue weighted by atomic mass is 10.1. The molecule has 0 aromatic carbocycles. The minimum Gasteiger partial charge on any atom is -0.395 e. The lowest BCUT2D eigenvalue weighted by Gasteiger charge is -2.21. The van der Waals surface area contributed by atoms with Gasteiger partial charge in [-0.3, -0.25) is 0 Å². The average molecular weight is 468 g/mol. The fourth-order valence-corrected chi connectivity index (χ4v) is 3.00. The van der Waals surface area contributed by atoms with E-state index in [1.165, 1.54) is 30.4 Å². The van der Waals surface area contributed by atoms with Crippen LogP contribution in [0.5, 0.6) is 0 Å². The van der Waals surface area contributed by atoms with Gasteiger partial charge in [0, 0.05) is 18.9 Å². The monoisotopic (exact) mass is 467 g/mol. The van der Waals surface area contributed by atoms with E-state index >= 15 is 0 Å². The molecule has 0 amide bonds. The minimum atomic E-state index is 0.290. The molecule has 0 aliphatic heterocycles. The first-order chi connectivity index (χ1) is 15.1. The highest BCUT2D eigenvalue weighted by Gasteiger charge is 2.08. The van der Waals surface area contributed by atoms with E-state index in [1.807, 2.05) is 24.5 Å². The molecule has 0 saturated heterocycles. The first-order valence-electron chi connectivity index (χ1n) is 12.2. The van der Waals surface area contributed by atoms with Crippen LogP contribution in [0.25, 0.3) is 0 Å². The van der Waals surface area contributed by atoms with E-state index < -0.39 is 0 Å². The number of halogens is 1. The molecule has 0 atom stereocenters. The van der Waals surface area contributed by atoms with Crippen LogP contribution in [-0.2, 0) is 6.42 Å². The van der Waals surface area contributed by atoms with Crippen LogP contribution < -0.4 is 0 Å². The third-order valence-electron chi connectivity index (χ3n) is 4.75. The average Bonchev–Trinajstić information content (AvgIpc) is 3.11. The molecule has 0 fully saturated rings. The van der Waals surface area contributed by atoms with Crippen molar-refractivity contribution in [3.63, 3.8) is 0 Å². The van der Waals surface area contributed by atoms with Crippen molar-refractivity contribution in [1.82, 2.24) is 9.47 Å². The number of hydrogen-bond acceptors (Lipinski definition) is 3. The van der Waals surface area contributed by atoms with Gasteiger partial charge in [0.25, 0.3) is 0 Å².